The van der Waals surface area contributed by atoms with Crippen molar-refractivity contribution in [3.8, 4) is 0 Å². The van der Waals surface area contributed by atoms with E-state index in [9.17, 15) is 9.59 Å². The van der Waals surface area contributed by atoms with Gasteiger partial charge in [-0.1, -0.05) is 6.92 Å². The molecule has 6 heteroatoms. The number of carboxylic acids is 1. The third-order valence-corrected chi connectivity index (χ3v) is 2.91. The van der Waals surface area contributed by atoms with E-state index in [1.54, 1.807) is 6.92 Å². The molecule has 0 saturated heterocycles. The zero-order valence-corrected chi connectivity index (χ0v) is 9.71. The van der Waals surface area contributed by atoms with Crippen molar-refractivity contribution >= 4 is 23.6 Å². The molecule has 0 aromatic heterocycles. The van der Waals surface area contributed by atoms with Crippen molar-refractivity contribution in [2.24, 2.45) is 5.92 Å². The van der Waals surface area contributed by atoms with Crippen LogP contribution in [0, 0.1) is 5.92 Å². The summed E-state index contributed by atoms with van der Waals surface area (Å²) in [5, 5.41) is 19.9. The van der Waals surface area contributed by atoms with Gasteiger partial charge < -0.3 is 15.5 Å². The molecule has 1 amide bonds. The average molecular weight is 235 g/mol. The van der Waals surface area contributed by atoms with Crippen LogP contribution in [0.15, 0.2) is 0 Å². The van der Waals surface area contributed by atoms with Crippen LogP contribution in [0.5, 0.6) is 0 Å². The average Bonchev–Trinajstić information content (AvgIpc) is 2.15. The maximum Gasteiger partial charge on any atom is 0.313 e. The van der Waals surface area contributed by atoms with E-state index in [-0.39, 0.29) is 36.0 Å². The summed E-state index contributed by atoms with van der Waals surface area (Å²) in [7, 11) is 0. The number of rotatable bonds is 7. The van der Waals surface area contributed by atoms with Crippen molar-refractivity contribution in [2.75, 3.05) is 18.1 Å². The molecule has 5 nitrogen and oxygen atoms in total. The Morgan fingerprint density at radius 3 is 2.40 bits per heavy atom. The molecule has 2 atom stereocenters. The molecule has 0 aromatic rings. The van der Waals surface area contributed by atoms with Gasteiger partial charge in [0.25, 0.3) is 0 Å². The Bertz CT molecular complexity index is 222. The second-order valence-corrected chi connectivity index (χ2v) is 4.39. The van der Waals surface area contributed by atoms with Gasteiger partial charge in [0.15, 0.2) is 0 Å². The maximum atomic E-state index is 11.2. The molecule has 0 rings (SSSR count). The molecule has 88 valence electrons. The van der Waals surface area contributed by atoms with Crippen LogP contribution in [-0.2, 0) is 9.59 Å². The van der Waals surface area contributed by atoms with Crippen molar-refractivity contribution in [2.45, 2.75) is 19.9 Å². The van der Waals surface area contributed by atoms with Crippen LogP contribution in [0.3, 0.4) is 0 Å². The number of hydrogen-bond acceptors (Lipinski definition) is 4. The van der Waals surface area contributed by atoms with Gasteiger partial charge in [-0.25, -0.2) is 0 Å². The second-order valence-electron chi connectivity index (χ2n) is 3.40. The normalized spacial score (nSPS) is 14.3. The molecule has 0 saturated carbocycles. The highest BCUT2D eigenvalue weighted by atomic mass is 32.2. The number of carbonyl (C=O) groups excluding carboxylic acids is 1. The van der Waals surface area contributed by atoms with Gasteiger partial charge in [-0.05, 0) is 12.8 Å². The molecule has 0 heterocycles. The number of hydrogen-bond donors (Lipinski definition) is 3. The smallest absolute Gasteiger partial charge is 0.313 e. The van der Waals surface area contributed by atoms with E-state index in [1.165, 1.54) is 0 Å². The van der Waals surface area contributed by atoms with E-state index in [1.807, 2.05) is 6.92 Å². The van der Waals surface area contributed by atoms with E-state index in [2.05, 4.69) is 5.32 Å². The highest BCUT2D eigenvalue weighted by molar-refractivity contribution is 8.00. The molecular weight excluding hydrogens is 218 g/mol. The Hall–Kier alpha value is -0.750. The van der Waals surface area contributed by atoms with Crippen LogP contribution in [0.25, 0.3) is 0 Å². The van der Waals surface area contributed by atoms with E-state index >= 15 is 0 Å². The standard InChI is InChI=1S/C9H17NO4S/c1-6(3-11)7(2)10-8(12)4-15-5-9(13)14/h6-7,11H,3-5H2,1-2H3,(H,10,12)(H,13,14). The predicted molar refractivity (Wildman–Crippen MR) is 58.8 cm³/mol. The Labute approximate surface area is 93.2 Å². The number of carboxylic acid groups (broad SMARTS) is 1. The summed E-state index contributed by atoms with van der Waals surface area (Å²) in [5.74, 6) is -1.07. The lowest BCUT2D eigenvalue weighted by atomic mass is 10.1. The fourth-order valence-electron chi connectivity index (χ4n) is 0.827. The van der Waals surface area contributed by atoms with Gasteiger partial charge in [0, 0.05) is 12.6 Å². The molecule has 0 aromatic carbocycles. The van der Waals surface area contributed by atoms with Crippen molar-refractivity contribution < 1.29 is 19.8 Å². The number of amides is 1. The first-order valence-electron chi connectivity index (χ1n) is 4.67. The summed E-state index contributed by atoms with van der Waals surface area (Å²) in [4.78, 5) is 21.4. The lowest BCUT2D eigenvalue weighted by Crippen LogP contribution is -2.39. The van der Waals surface area contributed by atoms with Gasteiger partial charge in [0.05, 0.1) is 11.5 Å². The van der Waals surface area contributed by atoms with E-state index in [4.69, 9.17) is 10.2 Å². The fraction of sp³-hybridized carbons (Fsp3) is 0.778. The summed E-state index contributed by atoms with van der Waals surface area (Å²) >= 11 is 1.06. The summed E-state index contributed by atoms with van der Waals surface area (Å²) < 4.78 is 0. The molecule has 0 radical (unpaired) electrons. The minimum atomic E-state index is -0.926. The van der Waals surface area contributed by atoms with Crippen molar-refractivity contribution in [1.82, 2.24) is 5.32 Å². The first kappa shape index (κ1) is 14.2. The van der Waals surface area contributed by atoms with Gasteiger partial charge in [-0.2, -0.15) is 0 Å². The quantitative estimate of drug-likeness (QED) is 0.575. The monoisotopic (exact) mass is 235 g/mol. The summed E-state index contributed by atoms with van der Waals surface area (Å²) in [6.45, 7) is 3.65. The largest absolute Gasteiger partial charge is 0.481 e. The number of carbonyl (C=O) groups is 2. The predicted octanol–water partition coefficient (Wildman–Crippen LogP) is -0.0627. The Balaban J connectivity index is 3.69. The number of nitrogens with one attached hydrogen (secondary N) is 1. The maximum absolute atomic E-state index is 11.2. The third kappa shape index (κ3) is 7.21. The zero-order valence-electron chi connectivity index (χ0n) is 8.90. The lowest BCUT2D eigenvalue weighted by molar-refractivity contribution is -0.133. The summed E-state index contributed by atoms with van der Waals surface area (Å²) in [6.07, 6.45) is 0. The molecule has 0 bridgehead atoms. The molecule has 0 fully saturated rings. The number of aliphatic hydroxyl groups is 1. The van der Waals surface area contributed by atoms with E-state index in [0.717, 1.165) is 11.8 Å². The second kappa shape index (κ2) is 7.53. The first-order chi connectivity index (χ1) is 6.97. The Morgan fingerprint density at radius 2 is 1.93 bits per heavy atom. The molecule has 0 spiro atoms. The van der Waals surface area contributed by atoms with Crippen LogP contribution >= 0.6 is 11.8 Å². The first-order valence-corrected chi connectivity index (χ1v) is 5.82. The van der Waals surface area contributed by atoms with E-state index in [0.29, 0.717) is 0 Å². The van der Waals surface area contributed by atoms with Gasteiger partial charge in [0.1, 0.15) is 0 Å². The SMILES string of the molecule is CC(CO)C(C)NC(=O)CSCC(=O)O. The fourth-order valence-corrected chi connectivity index (χ4v) is 1.37. The van der Waals surface area contributed by atoms with Gasteiger partial charge in [-0.15, -0.1) is 11.8 Å². The molecule has 0 aliphatic heterocycles. The van der Waals surface area contributed by atoms with Crippen molar-refractivity contribution in [1.29, 1.82) is 0 Å². The lowest BCUT2D eigenvalue weighted by Gasteiger charge is -2.18. The van der Waals surface area contributed by atoms with Gasteiger partial charge >= 0.3 is 5.97 Å². The highest BCUT2D eigenvalue weighted by Gasteiger charge is 2.13. The van der Waals surface area contributed by atoms with Crippen molar-refractivity contribution in [3.63, 3.8) is 0 Å². The Kier molecular flexibility index (Phi) is 7.15. The van der Waals surface area contributed by atoms with Crippen LogP contribution in [0.4, 0.5) is 0 Å². The summed E-state index contributed by atoms with van der Waals surface area (Å²) in [6, 6.07) is -0.104. The summed E-state index contributed by atoms with van der Waals surface area (Å²) in [5.41, 5.74) is 0. The van der Waals surface area contributed by atoms with E-state index < -0.39 is 5.97 Å². The third-order valence-electron chi connectivity index (χ3n) is 1.99. The van der Waals surface area contributed by atoms with Crippen molar-refractivity contribution in [3.05, 3.63) is 0 Å². The van der Waals surface area contributed by atoms with Gasteiger partial charge in [0.2, 0.25) is 5.91 Å². The number of thioether (sulfide) groups is 1. The molecular formula is C9H17NO4S. The molecule has 2 unspecified atom stereocenters. The van der Waals surface area contributed by atoms with Crippen LogP contribution in [0.1, 0.15) is 13.8 Å². The molecule has 0 aliphatic rings. The zero-order chi connectivity index (χ0) is 11.8. The van der Waals surface area contributed by atoms with Crippen LogP contribution in [-0.4, -0.2) is 46.2 Å². The Morgan fingerprint density at radius 1 is 1.33 bits per heavy atom. The molecule has 15 heavy (non-hydrogen) atoms. The minimum Gasteiger partial charge on any atom is -0.481 e. The molecule has 0 aliphatic carbocycles. The molecule has 3 N–H and O–H groups in total. The topological polar surface area (TPSA) is 86.6 Å². The van der Waals surface area contributed by atoms with Gasteiger partial charge in [-0.3, -0.25) is 9.59 Å². The van der Waals surface area contributed by atoms with Crippen LogP contribution in [0.2, 0.25) is 0 Å². The van der Waals surface area contributed by atoms with Crippen LogP contribution < -0.4 is 5.32 Å². The minimum absolute atomic E-state index is 0.00146. The number of aliphatic carboxylic acids is 1. The highest BCUT2D eigenvalue weighted by Crippen LogP contribution is 2.03. The number of aliphatic hydroxyl groups excluding tert-OH is 1.